The van der Waals surface area contributed by atoms with E-state index in [9.17, 15) is 4.79 Å². The lowest BCUT2D eigenvalue weighted by Crippen LogP contribution is -2.30. The van der Waals surface area contributed by atoms with Gasteiger partial charge in [0.25, 0.3) is 0 Å². The third-order valence-electron chi connectivity index (χ3n) is 3.54. The molecule has 1 rings (SSSR count). The number of ether oxygens (including phenoxy) is 1. The van der Waals surface area contributed by atoms with E-state index in [1.54, 1.807) is 7.11 Å². The van der Waals surface area contributed by atoms with Crippen LogP contribution >= 0.6 is 0 Å². The van der Waals surface area contributed by atoms with Gasteiger partial charge in [-0.2, -0.15) is 0 Å². The van der Waals surface area contributed by atoms with E-state index in [0.29, 0.717) is 13.0 Å². The van der Waals surface area contributed by atoms with E-state index in [4.69, 9.17) is 9.84 Å². The fourth-order valence-electron chi connectivity index (χ4n) is 2.05. The molecule has 1 aromatic carbocycles. The molecule has 1 aromatic rings. The molecule has 1 N–H and O–H groups in total. The Bertz CT molecular complexity index is 457. The molecule has 0 radical (unpaired) electrons. The van der Waals surface area contributed by atoms with Gasteiger partial charge in [-0.05, 0) is 43.5 Å². The average molecular weight is 265 g/mol. The van der Waals surface area contributed by atoms with Gasteiger partial charge >= 0.3 is 5.97 Å². The van der Waals surface area contributed by atoms with E-state index in [-0.39, 0.29) is 5.92 Å². The summed E-state index contributed by atoms with van der Waals surface area (Å²) >= 11 is 0. The van der Waals surface area contributed by atoms with Crippen molar-refractivity contribution in [1.82, 2.24) is 0 Å². The van der Waals surface area contributed by atoms with Crippen LogP contribution in [-0.2, 0) is 4.79 Å². The molecule has 0 fully saturated rings. The van der Waals surface area contributed by atoms with E-state index in [1.165, 1.54) is 11.1 Å². The first-order valence-corrected chi connectivity index (χ1v) is 6.49. The van der Waals surface area contributed by atoms with Crippen molar-refractivity contribution in [2.45, 2.75) is 27.2 Å². The second kappa shape index (κ2) is 6.45. The monoisotopic (exact) mass is 265 g/mol. The summed E-state index contributed by atoms with van der Waals surface area (Å²) in [6, 6.07) is 4.03. The minimum absolute atomic E-state index is 0.365. The van der Waals surface area contributed by atoms with Crippen LogP contribution in [0.5, 0.6) is 5.75 Å². The highest BCUT2D eigenvalue weighted by Gasteiger charge is 2.19. The summed E-state index contributed by atoms with van der Waals surface area (Å²) in [4.78, 5) is 13.1. The third kappa shape index (κ3) is 3.63. The molecular weight excluding hydrogens is 242 g/mol. The number of hydrogen-bond acceptors (Lipinski definition) is 3. The Morgan fingerprint density at radius 2 is 1.95 bits per heavy atom. The maximum absolute atomic E-state index is 11.1. The minimum Gasteiger partial charge on any atom is -0.495 e. The lowest BCUT2D eigenvalue weighted by molar-refractivity contribution is -0.141. The molecule has 19 heavy (non-hydrogen) atoms. The molecule has 1 unspecified atom stereocenters. The van der Waals surface area contributed by atoms with Crippen LogP contribution in [0.2, 0.25) is 0 Å². The SMILES string of the molecule is CCC(CN(C)c1cc(C)c(C)cc1OC)C(=O)O. The van der Waals surface area contributed by atoms with Crippen molar-refractivity contribution in [3.8, 4) is 5.75 Å². The Morgan fingerprint density at radius 3 is 2.42 bits per heavy atom. The van der Waals surface area contributed by atoms with Crippen LogP contribution in [0.1, 0.15) is 24.5 Å². The molecule has 0 bridgehead atoms. The predicted molar refractivity (Wildman–Crippen MR) is 77.2 cm³/mol. The van der Waals surface area contributed by atoms with Crippen molar-refractivity contribution in [3.05, 3.63) is 23.3 Å². The average Bonchev–Trinajstić information content (AvgIpc) is 2.37. The highest BCUT2D eigenvalue weighted by Crippen LogP contribution is 2.31. The minimum atomic E-state index is -0.753. The fraction of sp³-hybridized carbons (Fsp3) is 0.533. The summed E-state index contributed by atoms with van der Waals surface area (Å²) in [6.45, 7) is 6.45. The van der Waals surface area contributed by atoms with Gasteiger partial charge in [-0.1, -0.05) is 6.92 Å². The van der Waals surface area contributed by atoms with Gasteiger partial charge < -0.3 is 14.7 Å². The molecule has 0 amide bonds. The summed E-state index contributed by atoms with van der Waals surface area (Å²) in [5.74, 6) is -0.334. The second-order valence-corrected chi connectivity index (χ2v) is 4.93. The molecule has 0 saturated heterocycles. The molecule has 0 heterocycles. The highest BCUT2D eigenvalue weighted by molar-refractivity contribution is 5.71. The predicted octanol–water partition coefficient (Wildman–Crippen LogP) is 2.86. The summed E-state index contributed by atoms with van der Waals surface area (Å²) in [7, 11) is 3.54. The highest BCUT2D eigenvalue weighted by atomic mass is 16.5. The normalized spacial score (nSPS) is 12.1. The number of hydrogen-bond donors (Lipinski definition) is 1. The summed E-state index contributed by atoms with van der Waals surface area (Å²) < 4.78 is 5.39. The van der Waals surface area contributed by atoms with Gasteiger partial charge in [-0.15, -0.1) is 0 Å². The Morgan fingerprint density at radius 1 is 1.37 bits per heavy atom. The number of benzene rings is 1. The number of aryl methyl sites for hydroxylation is 2. The molecule has 0 aliphatic rings. The number of carbonyl (C=O) groups is 1. The number of anilines is 1. The van der Waals surface area contributed by atoms with Crippen LogP contribution in [-0.4, -0.2) is 31.8 Å². The molecule has 4 nitrogen and oxygen atoms in total. The molecule has 0 spiro atoms. The van der Waals surface area contributed by atoms with Crippen LogP contribution in [0.4, 0.5) is 5.69 Å². The molecule has 0 aromatic heterocycles. The van der Waals surface area contributed by atoms with Gasteiger partial charge in [0.05, 0.1) is 18.7 Å². The van der Waals surface area contributed by atoms with Crippen molar-refractivity contribution in [1.29, 1.82) is 0 Å². The van der Waals surface area contributed by atoms with E-state index in [0.717, 1.165) is 11.4 Å². The van der Waals surface area contributed by atoms with Crippen LogP contribution in [0.25, 0.3) is 0 Å². The zero-order valence-corrected chi connectivity index (χ0v) is 12.4. The largest absolute Gasteiger partial charge is 0.495 e. The lowest BCUT2D eigenvalue weighted by Gasteiger charge is -2.25. The van der Waals surface area contributed by atoms with Crippen molar-refractivity contribution < 1.29 is 14.6 Å². The zero-order valence-electron chi connectivity index (χ0n) is 12.4. The number of nitrogens with zero attached hydrogens (tertiary/aromatic N) is 1. The van der Waals surface area contributed by atoms with Crippen LogP contribution in [0.3, 0.4) is 0 Å². The smallest absolute Gasteiger partial charge is 0.308 e. The van der Waals surface area contributed by atoms with E-state index in [1.807, 2.05) is 44.9 Å². The summed E-state index contributed by atoms with van der Waals surface area (Å²) in [5.41, 5.74) is 3.27. The van der Waals surface area contributed by atoms with Crippen LogP contribution in [0, 0.1) is 19.8 Å². The van der Waals surface area contributed by atoms with E-state index >= 15 is 0 Å². The van der Waals surface area contributed by atoms with Crippen LogP contribution < -0.4 is 9.64 Å². The number of aliphatic carboxylic acids is 1. The maximum Gasteiger partial charge on any atom is 0.308 e. The van der Waals surface area contributed by atoms with Crippen molar-refractivity contribution in [3.63, 3.8) is 0 Å². The lowest BCUT2D eigenvalue weighted by atomic mass is 10.0. The Balaban J connectivity index is 3.01. The Labute approximate surface area is 115 Å². The fourth-order valence-corrected chi connectivity index (χ4v) is 2.05. The van der Waals surface area contributed by atoms with Crippen molar-refractivity contribution >= 4 is 11.7 Å². The topological polar surface area (TPSA) is 49.8 Å². The Hall–Kier alpha value is -1.71. The first kappa shape index (κ1) is 15.3. The van der Waals surface area contributed by atoms with Crippen molar-refractivity contribution in [2.75, 3.05) is 25.6 Å². The van der Waals surface area contributed by atoms with E-state index < -0.39 is 5.97 Å². The molecule has 0 saturated carbocycles. The van der Waals surface area contributed by atoms with Gasteiger partial charge in [0, 0.05) is 13.6 Å². The first-order valence-electron chi connectivity index (χ1n) is 6.49. The first-order chi connectivity index (χ1) is 8.90. The molecule has 1 atom stereocenters. The van der Waals surface area contributed by atoms with Gasteiger partial charge in [0.15, 0.2) is 0 Å². The van der Waals surface area contributed by atoms with Gasteiger partial charge in [0.1, 0.15) is 5.75 Å². The number of methoxy groups -OCH3 is 1. The molecular formula is C15H23NO3. The zero-order chi connectivity index (χ0) is 14.6. The standard InChI is InChI=1S/C15H23NO3/c1-6-12(15(17)18)9-16(4)13-7-10(2)11(3)8-14(13)19-5/h7-8,12H,6,9H2,1-5H3,(H,17,18). The van der Waals surface area contributed by atoms with Gasteiger partial charge in [0.2, 0.25) is 0 Å². The van der Waals surface area contributed by atoms with Gasteiger partial charge in [-0.3, -0.25) is 4.79 Å². The second-order valence-electron chi connectivity index (χ2n) is 4.93. The quantitative estimate of drug-likeness (QED) is 0.859. The molecule has 0 aliphatic carbocycles. The Kier molecular flexibility index (Phi) is 5.21. The summed E-state index contributed by atoms with van der Waals surface area (Å²) in [6.07, 6.45) is 0.618. The molecule has 0 aliphatic heterocycles. The maximum atomic E-state index is 11.1. The molecule has 4 heteroatoms. The number of carboxylic acids is 1. The van der Waals surface area contributed by atoms with E-state index in [2.05, 4.69) is 0 Å². The van der Waals surface area contributed by atoms with Crippen molar-refractivity contribution in [2.24, 2.45) is 5.92 Å². The summed E-state index contributed by atoms with van der Waals surface area (Å²) in [5, 5.41) is 9.14. The third-order valence-corrected chi connectivity index (χ3v) is 3.54. The molecule has 106 valence electrons. The number of rotatable bonds is 6. The number of carboxylic acid groups (broad SMARTS) is 1. The van der Waals surface area contributed by atoms with Gasteiger partial charge in [-0.25, -0.2) is 0 Å². The van der Waals surface area contributed by atoms with Crippen LogP contribution in [0.15, 0.2) is 12.1 Å².